The number of aromatic nitrogens is 1. The van der Waals surface area contributed by atoms with Crippen molar-refractivity contribution in [2.45, 2.75) is 84.6 Å². The number of hydrogen-bond acceptors (Lipinski definition) is 11. The van der Waals surface area contributed by atoms with Crippen molar-refractivity contribution < 1.29 is 42.9 Å². The van der Waals surface area contributed by atoms with Crippen molar-refractivity contribution in [3.05, 3.63) is 35.5 Å². The quantitative estimate of drug-likeness (QED) is 0.0637. The van der Waals surface area contributed by atoms with E-state index in [0.717, 1.165) is 62.8 Å². The highest BCUT2D eigenvalue weighted by atomic mass is 35.5. The number of fused-ring (bicyclic) bond motifs is 1. The first kappa shape index (κ1) is 38.4. The van der Waals surface area contributed by atoms with Gasteiger partial charge in [0.05, 0.1) is 17.8 Å². The van der Waals surface area contributed by atoms with Gasteiger partial charge in [0.2, 0.25) is 5.91 Å². The lowest BCUT2D eigenvalue weighted by atomic mass is 10.1. The molecule has 0 aliphatic carbocycles. The molecular weight excluding hydrogens is 634 g/mol. The van der Waals surface area contributed by atoms with E-state index in [1.807, 2.05) is 19.1 Å². The molecule has 16 heteroatoms. The van der Waals surface area contributed by atoms with E-state index < -0.39 is 35.6 Å². The van der Waals surface area contributed by atoms with Crippen LogP contribution in [0.5, 0.6) is 0 Å². The molecule has 248 valence electrons. The Hall–Kier alpha value is -1.76. The molecule has 1 heterocycles. The third kappa shape index (κ3) is 14.1. The summed E-state index contributed by atoms with van der Waals surface area (Å²) in [5.41, 5.74) is 1.43. The standard InChI is InChI=1S/C28H45ClN4O9P2/c1-4-32(5-2)18-11-12-21(3)33(25-16-17-30-24-20-22(29)14-15-23(24)25)28(35)40-19-10-8-6-7-9-13-26(34)31-27(41-43(36)37)42-44(38)39/h14-17,20-21,27,36-39H,4-13,18-19H2,1-3H3,(H,31,34). The molecule has 0 saturated heterocycles. The predicted octanol–water partition coefficient (Wildman–Crippen LogP) is 5.54. The van der Waals surface area contributed by atoms with Crippen molar-refractivity contribution >= 4 is 57.4 Å². The lowest BCUT2D eigenvalue weighted by molar-refractivity contribution is -0.130. The molecule has 0 bridgehead atoms. The zero-order chi connectivity index (χ0) is 32.5. The smallest absolute Gasteiger partial charge is 0.414 e. The predicted molar refractivity (Wildman–Crippen MR) is 172 cm³/mol. The van der Waals surface area contributed by atoms with E-state index in [1.165, 1.54) is 0 Å². The fourth-order valence-electron chi connectivity index (χ4n) is 4.70. The fourth-order valence-corrected chi connectivity index (χ4v) is 5.47. The van der Waals surface area contributed by atoms with Crippen molar-refractivity contribution in [2.75, 3.05) is 31.1 Å². The second kappa shape index (κ2) is 21.1. The highest BCUT2D eigenvalue weighted by Crippen LogP contribution is 2.33. The van der Waals surface area contributed by atoms with Crippen molar-refractivity contribution in [3.63, 3.8) is 0 Å². The molecule has 13 nitrogen and oxygen atoms in total. The van der Waals surface area contributed by atoms with E-state index in [1.54, 1.807) is 23.2 Å². The number of halogens is 1. The molecule has 1 aromatic heterocycles. The monoisotopic (exact) mass is 678 g/mol. The minimum absolute atomic E-state index is 0.105. The second-order valence-electron chi connectivity index (χ2n) is 10.1. The van der Waals surface area contributed by atoms with Crippen molar-refractivity contribution in [1.82, 2.24) is 15.2 Å². The lowest BCUT2D eigenvalue weighted by Crippen LogP contribution is -2.40. The summed E-state index contributed by atoms with van der Waals surface area (Å²) in [4.78, 5) is 69.6. The van der Waals surface area contributed by atoms with Gasteiger partial charge < -0.3 is 34.5 Å². The highest BCUT2D eigenvalue weighted by Gasteiger charge is 2.26. The van der Waals surface area contributed by atoms with Crippen LogP contribution in [0.4, 0.5) is 10.5 Å². The molecule has 0 spiro atoms. The lowest BCUT2D eigenvalue weighted by Gasteiger charge is -2.30. The van der Waals surface area contributed by atoms with Gasteiger partial charge >= 0.3 is 23.3 Å². The molecule has 5 N–H and O–H groups in total. The van der Waals surface area contributed by atoms with Crippen LogP contribution < -0.4 is 10.2 Å². The number of anilines is 1. The minimum Gasteiger partial charge on any atom is -0.449 e. The summed E-state index contributed by atoms with van der Waals surface area (Å²) in [6.45, 7) is 9.49. The summed E-state index contributed by atoms with van der Waals surface area (Å²) in [7, 11) is -5.74. The third-order valence-corrected chi connectivity index (χ3v) is 8.00. The van der Waals surface area contributed by atoms with Gasteiger partial charge in [0, 0.05) is 29.1 Å². The van der Waals surface area contributed by atoms with Crippen molar-refractivity contribution in [3.8, 4) is 0 Å². The molecule has 0 radical (unpaired) electrons. The first-order valence-corrected chi connectivity index (χ1v) is 17.5. The number of amides is 2. The van der Waals surface area contributed by atoms with E-state index in [9.17, 15) is 9.59 Å². The molecule has 2 rings (SSSR count). The Morgan fingerprint density at radius 3 is 2.30 bits per heavy atom. The average Bonchev–Trinajstić information content (AvgIpc) is 2.96. The maximum absolute atomic E-state index is 13.5. The van der Waals surface area contributed by atoms with Crippen LogP contribution in [0.25, 0.3) is 10.9 Å². The number of nitrogens with one attached hydrogen (secondary N) is 1. The van der Waals surface area contributed by atoms with E-state index >= 15 is 0 Å². The summed E-state index contributed by atoms with van der Waals surface area (Å²) < 4.78 is 14.8. The van der Waals surface area contributed by atoms with Gasteiger partial charge in [-0.2, -0.15) is 0 Å². The first-order valence-electron chi connectivity index (χ1n) is 14.8. The van der Waals surface area contributed by atoms with Crippen LogP contribution >= 0.6 is 28.8 Å². The maximum Gasteiger partial charge on any atom is 0.414 e. The zero-order valence-electron chi connectivity index (χ0n) is 25.5. The average molecular weight is 679 g/mol. The summed E-state index contributed by atoms with van der Waals surface area (Å²) in [5.74, 6) is -0.505. The van der Waals surface area contributed by atoms with Gasteiger partial charge in [-0.15, -0.1) is 0 Å². The number of carbonyl (C=O) groups excluding carboxylic acids is 2. The Morgan fingerprint density at radius 2 is 1.64 bits per heavy atom. The van der Waals surface area contributed by atoms with Crippen LogP contribution in [-0.2, 0) is 18.6 Å². The van der Waals surface area contributed by atoms with E-state index in [0.29, 0.717) is 23.4 Å². The van der Waals surface area contributed by atoms with Crippen LogP contribution in [0.3, 0.4) is 0 Å². The van der Waals surface area contributed by atoms with Crippen molar-refractivity contribution in [1.29, 1.82) is 0 Å². The number of carbonyl (C=O) groups is 2. The Morgan fingerprint density at radius 1 is 0.977 bits per heavy atom. The maximum atomic E-state index is 13.5. The van der Waals surface area contributed by atoms with E-state index in [4.69, 9.17) is 35.9 Å². The Labute approximate surface area is 266 Å². The Kier molecular flexibility index (Phi) is 18.4. The van der Waals surface area contributed by atoms with Gasteiger partial charge in [-0.05, 0) is 76.5 Å². The number of rotatable bonds is 21. The number of benzene rings is 1. The van der Waals surface area contributed by atoms with Crippen LogP contribution in [-0.4, -0.2) is 80.2 Å². The molecule has 0 saturated carbocycles. The summed E-state index contributed by atoms with van der Waals surface area (Å²) in [5, 5.41) is 3.60. The van der Waals surface area contributed by atoms with Crippen LogP contribution in [0.1, 0.15) is 72.1 Å². The van der Waals surface area contributed by atoms with Gasteiger partial charge in [0.15, 0.2) is 0 Å². The van der Waals surface area contributed by atoms with Gasteiger partial charge in [-0.3, -0.25) is 23.7 Å². The van der Waals surface area contributed by atoms with Gasteiger partial charge in [-0.1, -0.05) is 44.7 Å². The molecule has 2 aromatic rings. The van der Waals surface area contributed by atoms with Crippen LogP contribution in [0.2, 0.25) is 5.02 Å². The van der Waals surface area contributed by atoms with Crippen LogP contribution in [0.15, 0.2) is 30.5 Å². The normalized spacial score (nSPS) is 12.5. The number of unbranched alkanes of at least 4 members (excludes halogenated alkanes) is 4. The molecular formula is C28H45ClN4O9P2. The Bertz CT molecular complexity index is 1140. The molecule has 0 fully saturated rings. The van der Waals surface area contributed by atoms with Gasteiger partial charge in [-0.25, -0.2) is 4.79 Å². The molecule has 2 amide bonds. The van der Waals surface area contributed by atoms with Gasteiger partial charge in [0.25, 0.3) is 6.41 Å². The zero-order valence-corrected chi connectivity index (χ0v) is 28.0. The second-order valence-corrected chi connectivity index (χ2v) is 12.0. The number of pyridine rings is 1. The number of hydrogen-bond donors (Lipinski definition) is 5. The largest absolute Gasteiger partial charge is 0.449 e. The number of ether oxygens (including phenoxy) is 1. The molecule has 0 aliphatic heterocycles. The fraction of sp³-hybridized carbons (Fsp3) is 0.607. The topological polar surface area (TPSA) is 174 Å². The third-order valence-electron chi connectivity index (χ3n) is 7.00. The molecule has 0 aliphatic rings. The molecule has 1 atom stereocenters. The Balaban J connectivity index is 1.86. The summed E-state index contributed by atoms with van der Waals surface area (Å²) >= 11 is 6.19. The molecule has 44 heavy (non-hydrogen) atoms. The van der Waals surface area contributed by atoms with E-state index in [-0.39, 0.29) is 19.1 Å². The first-order chi connectivity index (χ1) is 21.0. The minimum atomic E-state index is -2.87. The highest BCUT2D eigenvalue weighted by molar-refractivity contribution is 7.40. The summed E-state index contributed by atoms with van der Waals surface area (Å²) in [6.07, 6.45) is 4.95. The van der Waals surface area contributed by atoms with Crippen LogP contribution in [0, 0.1) is 0 Å². The van der Waals surface area contributed by atoms with Gasteiger partial charge in [0.1, 0.15) is 0 Å². The number of nitrogens with zero attached hydrogens (tertiary/aromatic N) is 3. The molecule has 1 aromatic carbocycles. The SMILES string of the molecule is CCN(CC)CCCC(C)N(C(=O)OCCCCCCCC(=O)NC(OP(O)O)OP(O)O)c1ccnc2cc(Cl)ccc12. The van der Waals surface area contributed by atoms with E-state index in [2.05, 4.69) is 38.1 Å². The van der Waals surface area contributed by atoms with Crippen molar-refractivity contribution in [2.24, 2.45) is 0 Å². The summed E-state index contributed by atoms with van der Waals surface area (Å²) in [6, 6.07) is 7.16. The molecule has 1 unspecified atom stereocenters.